The quantitative estimate of drug-likeness (QED) is 0.756. The molecule has 2 unspecified atom stereocenters. The zero-order valence-electron chi connectivity index (χ0n) is 15.8. The topological polar surface area (TPSA) is 92.8 Å². The average Bonchev–Trinajstić information content (AvgIpc) is 3.04. The normalized spacial score (nSPS) is 19.7. The number of rotatable bonds is 5. The average molecular weight is 412 g/mol. The number of imide groups is 1. The first-order valence-electron chi connectivity index (χ1n) is 9.26. The van der Waals surface area contributed by atoms with Gasteiger partial charge in [0.2, 0.25) is 11.8 Å². The predicted molar refractivity (Wildman–Crippen MR) is 106 cm³/mol. The molecule has 150 valence electrons. The van der Waals surface area contributed by atoms with Gasteiger partial charge in [-0.15, -0.1) is 0 Å². The highest BCUT2D eigenvalue weighted by molar-refractivity contribution is 7.84. The molecule has 0 saturated carbocycles. The first-order valence-corrected chi connectivity index (χ1v) is 10.8. The number of hydrogen-bond acceptors (Lipinski definition) is 5. The monoisotopic (exact) mass is 412 g/mol. The molecule has 2 aliphatic rings. The second-order valence-electron chi connectivity index (χ2n) is 7.07. The molecule has 0 bridgehead atoms. The van der Waals surface area contributed by atoms with E-state index in [4.69, 9.17) is 4.74 Å². The highest BCUT2D eigenvalue weighted by Gasteiger charge is 2.40. The first-order chi connectivity index (χ1) is 13.9. The number of amides is 3. The van der Waals surface area contributed by atoms with E-state index in [-0.39, 0.29) is 24.8 Å². The van der Waals surface area contributed by atoms with Crippen LogP contribution in [0.25, 0.3) is 0 Å². The molecule has 29 heavy (non-hydrogen) atoms. The Kier molecular flexibility index (Phi) is 5.19. The Bertz CT molecular complexity index is 1020. The van der Waals surface area contributed by atoms with Gasteiger partial charge in [-0.25, -0.2) is 0 Å². The minimum Gasteiger partial charge on any atom is -0.489 e. The Balaban J connectivity index is 1.50. The number of nitrogens with zero attached hydrogens (tertiary/aromatic N) is 1. The Labute approximate surface area is 170 Å². The van der Waals surface area contributed by atoms with Crippen molar-refractivity contribution in [1.29, 1.82) is 0 Å². The Hall–Kier alpha value is -3.00. The molecule has 0 aromatic heterocycles. The van der Waals surface area contributed by atoms with Gasteiger partial charge >= 0.3 is 0 Å². The second-order valence-corrected chi connectivity index (χ2v) is 8.45. The molecule has 0 spiro atoms. The summed E-state index contributed by atoms with van der Waals surface area (Å²) in [5.74, 6) is -0.376. The van der Waals surface area contributed by atoms with Gasteiger partial charge in [-0.3, -0.25) is 23.9 Å². The van der Waals surface area contributed by atoms with E-state index in [1.54, 1.807) is 36.6 Å². The Morgan fingerprint density at radius 2 is 1.90 bits per heavy atom. The van der Waals surface area contributed by atoms with Gasteiger partial charge in [0.05, 0.1) is 6.54 Å². The lowest BCUT2D eigenvalue weighted by molar-refractivity contribution is -0.136. The molecule has 2 aliphatic heterocycles. The first kappa shape index (κ1) is 19.3. The highest BCUT2D eigenvalue weighted by atomic mass is 32.2. The fourth-order valence-corrected chi connectivity index (χ4v) is 4.15. The van der Waals surface area contributed by atoms with E-state index >= 15 is 0 Å². The minimum absolute atomic E-state index is 0.221. The van der Waals surface area contributed by atoms with E-state index in [9.17, 15) is 18.6 Å². The number of ether oxygens (including phenoxy) is 1. The molecule has 1 fully saturated rings. The summed E-state index contributed by atoms with van der Waals surface area (Å²) in [6.45, 7) is 0.573. The summed E-state index contributed by atoms with van der Waals surface area (Å²) in [6.07, 6.45) is 2.17. The lowest BCUT2D eigenvalue weighted by atomic mass is 10.0. The number of piperidine rings is 1. The van der Waals surface area contributed by atoms with Crippen molar-refractivity contribution >= 4 is 28.5 Å². The smallest absolute Gasteiger partial charge is 0.255 e. The molecule has 2 aromatic carbocycles. The summed E-state index contributed by atoms with van der Waals surface area (Å²) in [7, 11) is -1.03. The highest BCUT2D eigenvalue weighted by Crippen LogP contribution is 2.33. The lowest BCUT2D eigenvalue weighted by Gasteiger charge is -2.29. The lowest BCUT2D eigenvalue weighted by Crippen LogP contribution is -2.52. The van der Waals surface area contributed by atoms with Crippen molar-refractivity contribution in [3.05, 3.63) is 59.2 Å². The van der Waals surface area contributed by atoms with Crippen molar-refractivity contribution in [3.63, 3.8) is 0 Å². The molecule has 1 saturated heterocycles. The predicted octanol–water partition coefficient (Wildman–Crippen LogP) is 1.76. The fourth-order valence-electron chi connectivity index (χ4n) is 3.63. The van der Waals surface area contributed by atoms with Gasteiger partial charge in [0.15, 0.2) is 0 Å². The number of carbonyl (C=O) groups excluding carboxylic acids is 3. The molecule has 2 aromatic rings. The third-order valence-electron chi connectivity index (χ3n) is 5.19. The van der Waals surface area contributed by atoms with E-state index in [2.05, 4.69) is 5.32 Å². The molecule has 0 radical (unpaired) electrons. The summed E-state index contributed by atoms with van der Waals surface area (Å²) in [5, 5.41) is 2.30. The maximum Gasteiger partial charge on any atom is 0.255 e. The van der Waals surface area contributed by atoms with E-state index in [1.165, 1.54) is 4.90 Å². The van der Waals surface area contributed by atoms with Gasteiger partial charge in [0, 0.05) is 39.5 Å². The third kappa shape index (κ3) is 3.80. The molecule has 2 atom stereocenters. The maximum absolute atomic E-state index is 12.8. The van der Waals surface area contributed by atoms with Crippen molar-refractivity contribution in [3.8, 4) is 5.75 Å². The summed E-state index contributed by atoms with van der Waals surface area (Å²) in [6, 6.07) is 12.0. The molecule has 4 rings (SSSR count). The van der Waals surface area contributed by atoms with Crippen LogP contribution in [-0.2, 0) is 33.5 Å². The minimum atomic E-state index is -1.03. The van der Waals surface area contributed by atoms with Crippen LogP contribution in [0.1, 0.15) is 34.3 Å². The summed E-state index contributed by atoms with van der Waals surface area (Å²) < 4.78 is 17.4. The zero-order valence-corrected chi connectivity index (χ0v) is 16.7. The van der Waals surface area contributed by atoms with E-state index in [1.807, 2.05) is 12.1 Å². The van der Waals surface area contributed by atoms with Crippen molar-refractivity contribution in [2.45, 2.75) is 36.9 Å². The standard InChI is InChI=1S/C21H20N2O5S/c1-29(27)14-7-5-13(6-8-14)12-28-18-4-2-3-15-16(18)11-23(21(15)26)17-9-10-19(24)22-20(17)25/h2-8,17H,9-12H2,1H3,(H,22,24,25). The molecular weight excluding hydrogens is 392 g/mol. The molecular formula is C21H20N2O5S. The van der Waals surface area contributed by atoms with Gasteiger partial charge in [-0.1, -0.05) is 18.2 Å². The van der Waals surface area contributed by atoms with Crippen LogP contribution in [0.15, 0.2) is 47.4 Å². The van der Waals surface area contributed by atoms with Crippen LogP contribution in [0, 0.1) is 0 Å². The Morgan fingerprint density at radius 1 is 1.14 bits per heavy atom. The molecule has 0 aliphatic carbocycles. The summed E-state index contributed by atoms with van der Waals surface area (Å²) >= 11 is 0. The van der Waals surface area contributed by atoms with Crippen LogP contribution >= 0.6 is 0 Å². The van der Waals surface area contributed by atoms with Gasteiger partial charge in [-0.05, 0) is 36.2 Å². The zero-order chi connectivity index (χ0) is 20.5. The third-order valence-corrected chi connectivity index (χ3v) is 6.12. The van der Waals surface area contributed by atoms with Crippen LogP contribution in [0.5, 0.6) is 5.75 Å². The van der Waals surface area contributed by atoms with Crippen LogP contribution < -0.4 is 10.1 Å². The molecule has 7 nitrogen and oxygen atoms in total. The van der Waals surface area contributed by atoms with Crippen molar-refractivity contribution < 1.29 is 23.3 Å². The van der Waals surface area contributed by atoms with Crippen LogP contribution in [0.4, 0.5) is 0 Å². The largest absolute Gasteiger partial charge is 0.489 e. The van der Waals surface area contributed by atoms with E-state index in [0.717, 1.165) is 16.0 Å². The molecule has 1 N–H and O–H groups in total. The Morgan fingerprint density at radius 3 is 2.59 bits per heavy atom. The van der Waals surface area contributed by atoms with Gasteiger partial charge < -0.3 is 9.64 Å². The van der Waals surface area contributed by atoms with Crippen molar-refractivity contribution in [2.24, 2.45) is 0 Å². The summed E-state index contributed by atoms with van der Waals surface area (Å²) in [5.41, 5.74) is 2.18. The molecule has 3 amide bonds. The molecule has 2 heterocycles. The number of carbonyl (C=O) groups is 3. The number of benzene rings is 2. The van der Waals surface area contributed by atoms with Gasteiger partial charge in [-0.2, -0.15) is 0 Å². The summed E-state index contributed by atoms with van der Waals surface area (Å²) in [4.78, 5) is 38.7. The second kappa shape index (κ2) is 7.79. The van der Waals surface area contributed by atoms with E-state index in [0.29, 0.717) is 24.3 Å². The van der Waals surface area contributed by atoms with E-state index < -0.39 is 22.7 Å². The molecule has 8 heteroatoms. The van der Waals surface area contributed by atoms with Gasteiger partial charge in [0.25, 0.3) is 5.91 Å². The van der Waals surface area contributed by atoms with Crippen molar-refractivity contribution in [2.75, 3.05) is 6.26 Å². The number of fused-ring (bicyclic) bond motifs is 1. The number of nitrogens with one attached hydrogen (secondary N) is 1. The van der Waals surface area contributed by atoms with Crippen LogP contribution in [-0.4, -0.2) is 39.1 Å². The maximum atomic E-state index is 12.8. The number of hydrogen-bond donors (Lipinski definition) is 1. The van der Waals surface area contributed by atoms with Crippen molar-refractivity contribution in [1.82, 2.24) is 10.2 Å². The van der Waals surface area contributed by atoms with Crippen LogP contribution in [0.3, 0.4) is 0 Å². The van der Waals surface area contributed by atoms with Gasteiger partial charge in [0.1, 0.15) is 18.4 Å². The fraction of sp³-hybridized carbons (Fsp3) is 0.286. The van der Waals surface area contributed by atoms with Crippen LogP contribution in [0.2, 0.25) is 0 Å². The SMILES string of the molecule is CS(=O)c1ccc(COc2cccc3c2CN(C2CCC(=O)NC2=O)C3=O)cc1.